The molecule has 3 heterocycles. The summed E-state index contributed by atoms with van der Waals surface area (Å²) in [7, 11) is 0. The average molecular weight is 502 g/mol. The minimum absolute atomic E-state index is 1.12. The van der Waals surface area contributed by atoms with E-state index in [1.54, 1.807) is 0 Å². The maximum Gasteiger partial charge on any atom is 0.0533 e. The van der Waals surface area contributed by atoms with E-state index < -0.39 is 0 Å². The van der Waals surface area contributed by atoms with Crippen LogP contribution in [0.25, 0.3) is 67.2 Å². The van der Waals surface area contributed by atoms with Crippen LogP contribution in [0.3, 0.4) is 0 Å². The summed E-state index contributed by atoms with van der Waals surface area (Å²) in [5.74, 6) is 0. The minimum Gasteiger partial charge on any atom is -0.361 e. The quantitative estimate of drug-likeness (QED) is 0.203. The van der Waals surface area contributed by atoms with Crippen LogP contribution in [0.15, 0.2) is 146 Å². The lowest BCUT2D eigenvalue weighted by atomic mass is 9.91. The molecule has 0 unspecified atom stereocenters. The van der Waals surface area contributed by atoms with Crippen LogP contribution in [0.1, 0.15) is 0 Å². The molecule has 0 bridgehead atoms. The summed E-state index contributed by atoms with van der Waals surface area (Å²) in [4.78, 5) is 10.5. The van der Waals surface area contributed by atoms with Crippen molar-refractivity contribution in [2.24, 2.45) is 0 Å². The van der Waals surface area contributed by atoms with Crippen molar-refractivity contribution in [3.05, 3.63) is 146 Å². The Labute approximate surface area is 227 Å². The first kappa shape index (κ1) is 22.9. The Kier molecular flexibility index (Phi) is 5.80. The van der Waals surface area contributed by atoms with Crippen molar-refractivity contribution in [1.82, 2.24) is 15.0 Å². The van der Waals surface area contributed by atoms with Gasteiger partial charge in [0.1, 0.15) is 0 Å². The molecule has 0 radical (unpaired) electrons. The van der Waals surface area contributed by atoms with Gasteiger partial charge in [0.05, 0.1) is 17.1 Å². The molecule has 0 aliphatic heterocycles. The lowest BCUT2D eigenvalue weighted by Crippen LogP contribution is -1.89. The predicted molar refractivity (Wildman–Crippen MR) is 162 cm³/mol. The van der Waals surface area contributed by atoms with Crippen molar-refractivity contribution in [3.8, 4) is 67.2 Å². The van der Waals surface area contributed by atoms with E-state index in [0.717, 1.165) is 17.1 Å². The Bertz CT molecular complexity index is 1610. The fraction of sp³-hybridized carbons (Fsp3) is 0. The summed E-state index contributed by atoms with van der Waals surface area (Å²) in [6.45, 7) is 0. The van der Waals surface area contributed by atoms with Crippen molar-refractivity contribution in [2.45, 2.75) is 0 Å². The zero-order valence-corrected chi connectivity index (χ0v) is 21.4. The smallest absolute Gasteiger partial charge is 0.0533 e. The summed E-state index contributed by atoms with van der Waals surface area (Å²) in [6, 6.07) is 45.0. The molecular weight excluding hydrogens is 474 g/mol. The summed E-state index contributed by atoms with van der Waals surface area (Å²) in [6.07, 6.45) is 6.09. The van der Waals surface area contributed by atoms with E-state index in [1.807, 2.05) is 18.6 Å². The zero-order chi connectivity index (χ0) is 26.0. The Morgan fingerprint density at radius 2 is 0.564 bits per heavy atom. The van der Waals surface area contributed by atoms with Crippen LogP contribution in [0.5, 0.6) is 0 Å². The second-order valence-electron chi connectivity index (χ2n) is 9.70. The van der Waals surface area contributed by atoms with Gasteiger partial charge in [0, 0.05) is 35.3 Å². The summed E-state index contributed by atoms with van der Waals surface area (Å²) < 4.78 is 0. The normalized spacial score (nSPS) is 11.1. The molecule has 3 N–H and O–H groups in total. The van der Waals surface area contributed by atoms with Crippen molar-refractivity contribution in [3.63, 3.8) is 0 Å². The summed E-state index contributed by atoms with van der Waals surface area (Å²) in [5.41, 5.74) is 13.9. The summed E-state index contributed by atoms with van der Waals surface area (Å²) in [5, 5.41) is 0. The van der Waals surface area contributed by atoms with Crippen LogP contribution in [0, 0.1) is 0 Å². The van der Waals surface area contributed by atoms with E-state index >= 15 is 0 Å². The van der Waals surface area contributed by atoms with Gasteiger partial charge in [-0.1, -0.05) is 91.0 Å². The predicted octanol–water partition coefficient (Wildman–Crippen LogP) is 9.67. The standard InChI is InChI=1S/C36H27N3/c1-4-10-25(11-5-1)34-31(16-19-37-34)28-22-29(32-17-20-38-35(32)26-12-6-2-7-13-26)24-30(23-28)33-18-21-39-36(33)27-14-8-3-9-15-27/h1-24,37-39H. The van der Waals surface area contributed by atoms with Crippen molar-refractivity contribution < 1.29 is 0 Å². The first-order valence-electron chi connectivity index (χ1n) is 13.2. The molecule has 3 aromatic heterocycles. The Hall–Kier alpha value is -5.28. The first-order chi connectivity index (χ1) is 19.3. The molecule has 0 saturated heterocycles. The van der Waals surface area contributed by atoms with Gasteiger partial charge >= 0.3 is 0 Å². The van der Waals surface area contributed by atoms with Crippen LogP contribution in [-0.2, 0) is 0 Å². The first-order valence-corrected chi connectivity index (χ1v) is 13.2. The van der Waals surface area contributed by atoms with Crippen LogP contribution < -0.4 is 0 Å². The Morgan fingerprint density at radius 3 is 0.846 bits per heavy atom. The Balaban J connectivity index is 1.44. The van der Waals surface area contributed by atoms with Gasteiger partial charge in [-0.3, -0.25) is 0 Å². The number of aromatic nitrogens is 3. The maximum absolute atomic E-state index is 3.49. The largest absolute Gasteiger partial charge is 0.361 e. The lowest BCUT2D eigenvalue weighted by molar-refractivity contribution is 1.40. The number of nitrogens with one attached hydrogen (secondary N) is 3. The third kappa shape index (κ3) is 4.30. The van der Waals surface area contributed by atoms with Crippen LogP contribution >= 0.6 is 0 Å². The highest BCUT2D eigenvalue weighted by Crippen LogP contribution is 2.41. The summed E-state index contributed by atoms with van der Waals surface area (Å²) >= 11 is 0. The molecule has 0 amide bonds. The van der Waals surface area contributed by atoms with E-state index in [-0.39, 0.29) is 0 Å². The molecule has 0 aliphatic carbocycles. The number of benzene rings is 4. The van der Waals surface area contributed by atoms with E-state index in [4.69, 9.17) is 0 Å². The van der Waals surface area contributed by atoms with Gasteiger partial charge in [-0.25, -0.2) is 0 Å². The zero-order valence-electron chi connectivity index (χ0n) is 21.4. The number of H-pyrrole nitrogens is 3. The van der Waals surface area contributed by atoms with E-state index in [2.05, 4.69) is 142 Å². The van der Waals surface area contributed by atoms with Crippen LogP contribution in [0.2, 0.25) is 0 Å². The SMILES string of the molecule is c1ccc(-c2[nH]ccc2-c2cc(-c3cc[nH]c3-c3ccccc3)cc(-c3cc[nH]c3-c3ccccc3)c2)cc1. The number of rotatable bonds is 6. The second-order valence-corrected chi connectivity index (χ2v) is 9.70. The third-order valence-corrected chi connectivity index (χ3v) is 7.29. The molecule has 39 heavy (non-hydrogen) atoms. The van der Waals surface area contributed by atoms with Gasteiger partial charge in [0.15, 0.2) is 0 Å². The van der Waals surface area contributed by atoms with Crippen molar-refractivity contribution in [2.75, 3.05) is 0 Å². The lowest BCUT2D eigenvalue weighted by Gasteiger charge is -2.13. The molecule has 3 heteroatoms. The molecule has 0 fully saturated rings. The van der Waals surface area contributed by atoms with Crippen LogP contribution in [-0.4, -0.2) is 15.0 Å². The highest BCUT2D eigenvalue weighted by Gasteiger charge is 2.17. The topological polar surface area (TPSA) is 47.4 Å². The average Bonchev–Trinajstić information content (AvgIpc) is 3.79. The maximum atomic E-state index is 3.49. The van der Waals surface area contributed by atoms with Gasteiger partial charge in [-0.15, -0.1) is 0 Å². The molecule has 7 aromatic rings. The van der Waals surface area contributed by atoms with Gasteiger partial charge in [-0.2, -0.15) is 0 Å². The third-order valence-electron chi connectivity index (χ3n) is 7.29. The molecule has 0 aliphatic rings. The number of hydrogen-bond donors (Lipinski definition) is 3. The molecule has 0 saturated carbocycles. The molecular formula is C36H27N3. The Morgan fingerprint density at radius 1 is 0.282 bits per heavy atom. The van der Waals surface area contributed by atoms with E-state index in [9.17, 15) is 0 Å². The molecule has 0 atom stereocenters. The second kappa shape index (κ2) is 9.88. The van der Waals surface area contributed by atoms with Crippen molar-refractivity contribution in [1.29, 1.82) is 0 Å². The van der Waals surface area contributed by atoms with Gasteiger partial charge in [0.2, 0.25) is 0 Å². The highest BCUT2D eigenvalue weighted by molar-refractivity contribution is 5.92. The molecule has 7 rings (SSSR count). The van der Waals surface area contributed by atoms with Crippen LogP contribution in [0.4, 0.5) is 0 Å². The van der Waals surface area contributed by atoms with E-state index in [0.29, 0.717) is 0 Å². The number of hydrogen-bond acceptors (Lipinski definition) is 0. The fourth-order valence-electron chi connectivity index (χ4n) is 5.46. The molecule has 4 aromatic carbocycles. The van der Waals surface area contributed by atoms with Crippen molar-refractivity contribution >= 4 is 0 Å². The number of aromatic amines is 3. The highest BCUT2D eigenvalue weighted by atomic mass is 14.7. The monoisotopic (exact) mass is 501 g/mol. The van der Waals surface area contributed by atoms with Gasteiger partial charge in [0.25, 0.3) is 0 Å². The van der Waals surface area contributed by atoms with Gasteiger partial charge < -0.3 is 15.0 Å². The minimum atomic E-state index is 1.12. The molecule has 3 nitrogen and oxygen atoms in total. The fourth-order valence-corrected chi connectivity index (χ4v) is 5.46. The van der Waals surface area contributed by atoms with Gasteiger partial charge in [-0.05, 0) is 69.8 Å². The molecule has 0 spiro atoms. The molecule has 186 valence electrons. The van der Waals surface area contributed by atoms with E-state index in [1.165, 1.54) is 50.1 Å².